The minimum atomic E-state index is -0.581. The molecule has 2 rings (SSSR count). The first kappa shape index (κ1) is 18.7. The third-order valence-corrected chi connectivity index (χ3v) is 4.33. The Morgan fingerprint density at radius 3 is 2.60 bits per heavy atom. The number of aryl methyl sites for hydroxylation is 1. The fraction of sp³-hybridized carbons (Fsp3) is 0.278. The average molecular weight is 361 g/mol. The second-order valence-corrected chi connectivity index (χ2v) is 6.56. The number of Topliss-reactive ketones (excluding diaryl/α,β-unsaturated/α-hetero) is 1. The van der Waals surface area contributed by atoms with E-state index >= 15 is 0 Å². The smallest absolute Gasteiger partial charge is 0.306 e. The largest absolute Gasteiger partial charge is 0.497 e. The highest BCUT2D eigenvalue weighted by molar-refractivity contribution is 7.14. The zero-order valence-electron chi connectivity index (χ0n) is 14.0. The number of hydrogen-bond donors (Lipinski definition) is 1. The van der Waals surface area contributed by atoms with Gasteiger partial charge in [0.25, 0.3) is 5.91 Å². The Hall–Kier alpha value is -2.67. The molecule has 0 spiro atoms. The van der Waals surface area contributed by atoms with Crippen molar-refractivity contribution in [1.82, 2.24) is 0 Å². The van der Waals surface area contributed by atoms with Crippen molar-refractivity contribution >= 4 is 34.7 Å². The zero-order valence-corrected chi connectivity index (χ0v) is 14.9. The van der Waals surface area contributed by atoms with Crippen LogP contribution in [0.5, 0.6) is 5.75 Å². The molecule has 1 heterocycles. The Bertz CT molecular complexity index is 768. The Labute approximate surface area is 149 Å². The second-order valence-electron chi connectivity index (χ2n) is 5.27. The van der Waals surface area contributed by atoms with Gasteiger partial charge in [0.1, 0.15) is 5.75 Å². The third kappa shape index (κ3) is 6.04. The minimum absolute atomic E-state index is 0.0534. The molecular weight excluding hydrogens is 342 g/mol. The van der Waals surface area contributed by atoms with Crippen molar-refractivity contribution in [1.29, 1.82) is 0 Å². The van der Waals surface area contributed by atoms with Gasteiger partial charge in [-0.05, 0) is 31.2 Å². The number of amides is 1. The number of rotatable bonds is 8. The molecule has 7 heteroatoms. The number of carbonyl (C=O) groups excluding carboxylic acids is 3. The van der Waals surface area contributed by atoms with Crippen LogP contribution in [0.2, 0.25) is 0 Å². The molecule has 0 aliphatic rings. The number of anilines is 1. The Morgan fingerprint density at radius 1 is 1.12 bits per heavy atom. The number of nitrogens with one attached hydrogen (secondary N) is 1. The van der Waals surface area contributed by atoms with Gasteiger partial charge in [-0.2, -0.15) is 0 Å². The summed E-state index contributed by atoms with van der Waals surface area (Å²) < 4.78 is 9.95. The molecule has 1 amide bonds. The molecule has 25 heavy (non-hydrogen) atoms. The highest BCUT2D eigenvalue weighted by Crippen LogP contribution is 2.18. The maximum atomic E-state index is 11.9. The lowest BCUT2D eigenvalue weighted by Gasteiger charge is -2.07. The van der Waals surface area contributed by atoms with Crippen LogP contribution in [0.4, 0.5) is 5.69 Å². The molecule has 0 bridgehead atoms. The highest BCUT2D eigenvalue weighted by atomic mass is 32.1. The van der Waals surface area contributed by atoms with E-state index in [1.807, 2.05) is 13.0 Å². The van der Waals surface area contributed by atoms with Crippen molar-refractivity contribution in [3.05, 3.63) is 46.2 Å². The quantitative estimate of drug-likeness (QED) is 0.577. The minimum Gasteiger partial charge on any atom is -0.497 e. The number of hydrogen-bond acceptors (Lipinski definition) is 6. The van der Waals surface area contributed by atoms with Crippen LogP contribution in [0.3, 0.4) is 0 Å². The van der Waals surface area contributed by atoms with Gasteiger partial charge >= 0.3 is 5.97 Å². The molecule has 0 fully saturated rings. The topological polar surface area (TPSA) is 81.7 Å². The van der Waals surface area contributed by atoms with Gasteiger partial charge in [0, 0.05) is 23.1 Å². The predicted molar refractivity (Wildman–Crippen MR) is 95.2 cm³/mol. The van der Waals surface area contributed by atoms with E-state index in [1.165, 1.54) is 18.4 Å². The molecule has 1 aromatic carbocycles. The number of ether oxygens (including phenoxy) is 2. The lowest BCUT2D eigenvalue weighted by atomic mass is 10.2. The van der Waals surface area contributed by atoms with Crippen molar-refractivity contribution in [2.24, 2.45) is 0 Å². The standard InChI is InChI=1S/C18H19NO5S/c1-12-6-8-16(25-12)15(20)7-9-18(22)24-11-17(21)19-13-4-3-5-14(10-13)23-2/h3-6,8,10H,7,9,11H2,1-2H3,(H,19,21). The Kier molecular flexibility index (Phi) is 6.71. The van der Waals surface area contributed by atoms with Gasteiger partial charge in [0.05, 0.1) is 18.4 Å². The summed E-state index contributed by atoms with van der Waals surface area (Å²) in [6, 6.07) is 10.4. The van der Waals surface area contributed by atoms with Crippen LogP contribution < -0.4 is 10.1 Å². The first-order valence-corrected chi connectivity index (χ1v) is 8.49. The van der Waals surface area contributed by atoms with E-state index in [0.29, 0.717) is 16.3 Å². The predicted octanol–water partition coefficient (Wildman–Crippen LogP) is 3.21. The summed E-state index contributed by atoms with van der Waals surface area (Å²) in [5.74, 6) is -0.530. The van der Waals surface area contributed by atoms with Gasteiger partial charge in [-0.1, -0.05) is 6.07 Å². The average Bonchev–Trinajstić information content (AvgIpc) is 3.04. The van der Waals surface area contributed by atoms with E-state index in [4.69, 9.17) is 9.47 Å². The molecule has 0 saturated heterocycles. The first-order chi connectivity index (χ1) is 12.0. The number of benzene rings is 1. The number of thiophene rings is 1. The van der Waals surface area contributed by atoms with Crippen molar-refractivity contribution in [2.75, 3.05) is 19.0 Å². The fourth-order valence-corrected chi connectivity index (χ4v) is 2.87. The summed E-state index contributed by atoms with van der Waals surface area (Å²) in [6.07, 6.45) is 0.0124. The molecule has 1 N–H and O–H groups in total. The molecule has 0 aliphatic heterocycles. The van der Waals surface area contributed by atoms with E-state index in [0.717, 1.165) is 4.88 Å². The lowest BCUT2D eigenvalue weighted by molar-refractivity contribution is -0.147. The maximum Gasteiger partial charge on any atom is 0.306 e. The summed E-state index contributed by atoms with van der Waals surface area (Å²) in [7, 11) is 1.53. The maximum absolute atomic E-state index is 11.9. The zero-order chi connectivity index (χ0) is 18.2. The van der Waals surface area contributed by atoms with E-state index < -0.39 is 18.5 Å². The number of methoxy groups -OCH3 is 1. The molecular formula is C18H19NO5S. The molecule has 1 aromatic heterocycles. The molecule has 0 radical (unpaired) electrons. The second kappa shape index (κ2) is 8.98. The molecule has 0 atom stereocenters. The summed E-state index contributed by atoms with van der Waals surface area (Å²) in [6.45, 7) is 1.51. The Balaban J connectivity index is 1.72. The van der Waals surface area contributed by atoms with E-state index in [1.54, 1.807) is 30.3 Å². The molecule has 0 aliphatic carbocycles. The number of esters is 1. The van der Waals surface area contributed by atoms with Crippen LogP contribution in [-0.2, 0) is 14.3 Å². The van der Waals surface area contributed by atoms with Gasteiger partial charge in [0.15, 0.2) is 12.4 Å². The van der Waals surface area contributed by atoms with Crippen LogP contribution in [0.25, 0.3) is 0 Å². The number of ketones is 1. The van der Waals surface area contributed by atoms with E-state index in [9.17, 15) is 14.4 Å². The van der Waals surface area contributed by atoms with Crippen molar-refractivity contribution < 1.29 is 23.9 Å². The van der Waals surface area contributed by atoms with E-state index in [-0.39, 0.29) is 18.6 Å². The van der Waals surface area contributed by atoms with Gasteiger partial charge in [-0.15, -0.1) is 11.3 Å². The molecule has 2 aromatic rings. The number of carbonyl (C=O) groups is 3. The van der Waals surface area contributed by atoms with Gasteiger partial charge in [0.2, 0.25) is 0 Å². The highest BCUT2D eigenvalue weighted by Gasteiger charge is 2.13. The summed E-state index contributed by atoms with van der Waals surface area (Å²) >= 11 is 1.39. The Morgan fingerprint density at radius 2 is 1.92 bits per heavy atom. The van der Waals surface area contributed by atoms with Crippen LogP contribution in [0, 0.1) is 6.92 Å². The van der Waals surface area contributed by atoms with Crippen molar-refractivity contribution in [3.8, 4) is 5.75 Å². The first-order valence-electron chi connectivity index (χ1n) is 7.67. The molecule has 132 valence electrons. The summed E-state index contributed by atoms with van der Waals surface area (Å²) in [5, 5.41) is 2.60. The van der Waals surface area contributed by atoms with Crippen LogP contribution >= 0.6 is 11.3 Å². The van der Waals surface area contributed by atoms with Gasteiger partial charge in [-0.3, -0.25) is 14.4 Å². The monoisotopic (exact) mass is 361 g/mol. The SMILES string of the molecule is COc1cccc(NC(=O)COC(=O)CCC(=O)c2ccc(C)s2)c1. The molecule has 6 nitrogen and oxygen atoms in total. The van der Waals surface area contributed by atoms with E-state index in [2.05, 4.69) is 5.32 Å². The fourth-order valence-electron chi connectivity index (χ4n) is 2.04. The normalized spacial score (nSPS) is 10.2. The van der Waals surface area contributed by atoms with Crippen LogP contribution in [0.15, 0.2) is 36.4 Å². The van der Waals surface area contributed by atoms with Gasteiger partial charge in [-0.25, -0.2) is 0 Å². The van der Waals surface area contributed by atoms with Crippen LogP contribution in [-0.4, -0.2) is 31.4 Å². The van der Waals surface area contributed by atoms with Gasteiger partial charge < -0.3 is 14.8 Å². The summed E-state index contributed by atoms with van der Waals surface area (Å²) in [5.41, 5.74) is 0.545. The molecule has 0 saturated carbocycles. The van der Waals surface area contributed by atoms with Crippen molar-refractivity contribution in [2.45, 2.75) is 19.8 Å². The summed E-state index contributed by atoms with van der Waals surface area (Å²) in [4.78, 5) is 37.0. The molecule has 0 unspecified atom stereocenters. The van der Waals surface area contributed by atoms with Crippen LogP contribution in [0.1, 0.15) is 27.4 Å². The van der Waals surface area contributed by atoms with Crippen molar-refractivity contribution in [3.63, 3.8) is 0 Å². The third-order valence-electron chi connectivity index (χ3n) is 3.29. The lowest BCUT2D eigenvalue weighted by Crippen LogP contribution is -2.21.